The number of hydrogen-bond donors (Lipinski definition) is 0. The molecule has 4 heteroatoms. The summed E-state index contributed by atoms with van der Waals surface area (Å²) < 4.78 is 11.2. The van der Waals surface area contributed by atoms with Gasteiger partial charge >= 0.3 is 11.9 Å². The number of rotatable bonds is 11. The number of hydrogen-bond acceptors (Lipinski definition) is 4. The third-order valence-electron chi connectivity index (χ3n) is 6.53. The molecule has 0 unspecified atom stereocenters. The number of ether oxygens (including phenoxy) is 2. The van der Waals surface area contributed by atoms with E-state index in [2.05, 4.69) is 13.8 Å². The van der Waals surface area contributed by atoms with Gasteiger partial charge in [-0.25, -0.2) is 0 Å². The number of carbonyl (C=O) groups excluding carboxylic acids is 2. The Morgan fingerprint density at radius 1 is 0.571 bits per heavy atom. The highest BCUT2D eigenvalue weighted by Gasteiger charge is 2.22. The van der Waals surface area contributed by atoms with Gasteiger partial charge in [0, 0.05) is 12.8 Å². The van der Waals surface area contributed by atoms with Crippen LogP contribution in [0, 0.1) is 11.8 Å². The summed E-state index contributed by atoms with van der Waals surface area (Å²) in [6.45, 7) is 4.55. The highest BCUT2D eigenvalue weighted by molar-refractivity contribution is 5.69. The molecule has 0 aromatic carbocycles. The van der Waals surface area contributed by atoms with E-state index in [0.717, 1.165) is 76.0 Å². The van der Waals surface area contributed by atoms with Crippen molar-refractivity contribution in [2.75, 3.05) is 0 Å². The fourth-order valence-electron chi connectivity index (χ4n) is 4.43. The summed E-state index contributed by atoms with van der Waals surface area (Å²) in [6.07, 6.45) is 16.6. The van der Waals surface area contributed by atoms with Crippen molar-refractivity contribution in [2.45, 2.75) is 129 Å². The Hall–Kier alpha value is -1.06. The second-order valence-electron chi connectivity index (χ2n) is 9.36. The van der Waals surface area contributed by atoms with Crippen LogP contribution >= 0.6 is 0 Å². The van der Waals surface area contributed by atoms with E-state index in [9.17, 15) is 9.59 Å². The first-order chi connectivity index (χ1) is 13.5. The molecule has 0 aliphatic heterocycles. The van der Waals surface area contributed by atoms with E-state index < -0.39 is 0 Å². The lowest BCUT2D eigenvalue weighted by atomic mass is 9.89. The van der Waals surface area contributed by atoms with E-state index in [0.29, 0.717) is 12.8 Å². The Morgan fingerprint density at radius 2 is 0.893 bits per heavy atom. The van der Waals surface area contributed by atoms with Gasteiger partial charge in [0.05, 0.1) is 0 Å². The lowest BCUT2D eigenvalue weighted by Gasteiger charge is -2.26. The molecule has 2 rings (SSSR count). The van der Waals surface area contributed by atoms with Crippen LogP contribution in [-0.2, 0) is 19.1 Å². The quantitative estimate of drug-likeness (QED) is 0.302. The van der Waals surface area contributed by atoms with Gasteiger partial charge in [-0.05, 0) is 76.0 Å². The van der Waals surface area contributed by atoms with E-state index in [4.69, 9.17) is 9.47 Å². The molecule has 162 valence electrons. The second-order valence-corrected chi connectivity index (χ2v) is 9.36. The standard InChI is InChI=1S/C24H42O4/c1-19-11-15-21(16-12-19)27-23(25)9-7-5-3-4-6-8-10-24(26)28-22-17-13-20(2)14-18-22/h19-22H,3-18H2,1-2H3. The Bertz CT molecular complexity index is 404. The molecule has 0 amide bonds. The van der Waals surface area contributed by atoms with Crippen molar-refractivity contribution in [2.24, 2.45) is 11.8 Å². The van der Waals surface area contributed by atoms with Crippen molar-refractivity contribution in [1.29, 1.82) is 0 Å². The van der Waals surface area contributed by atoms with Gasteiger partial charge in [0.25, 0.3) is 0 Å². The Labute approximate surface area is 172 Å². The van der Waals surface area contributed by atoms with Crippen LogP contribution in [0.4, 0.5) is 0 Å². The highest BCUT2D eigenvalue weighted by atomic mass is 16.5. The van der Waals surface area contributed by atoms with Crippen molar-refractivity contribution in [1.82, 2.24) is 0 Å². The molecule has 2 fully saturated rings. The maximum Gasteiger partial charge on any atom is 0.306 e. The predicted molar refractivity (Wildman–Crippen MR) is 112 cm³/mol. The van der Waals surface area contributed by atoms with Crippen molar-refractivity contribution >= 4 is 11.9 Å². The van der Waals surface area contributed by atoms with Crippen LogP contribution in [0.15, 0.2) is 0 Å². The van der Waals surface area contributed by atoms with E-state index in [-0.39, 0.29) is 24.1 Å². The van der Waals surface area contributed by atoms with Crippen LogP contribution in [0.1, 0.15) is 117 Å². The summed E-state index contributed by atoms with van der Waals surface area (Å²) in [5, 5.41) is 0. The molecule has 2 aliphatic carbocycles. The minimum Gasteiger partial charge on any atom is -0.462 e. The molecule has 0 N–H and O–H groups in total. The first-order valence-corrected chi connectivity index (χ1v) is 11.9. The summed E-state index contributed by atoms with van der Waals surface area (Å²) in [4.78, 5) is 23.8. The molecule has 0 saturated heterocycles. The molecule has 0 heterocycles. The van der Waals surface area contributed by atoms with Gasteiger partial charge in [-0.15, -0.1) is 0 Å². The SMILES string of the molecule is CC1CCC(OC(=O)CCCCCCCCC(=O)OC2CCC(C)CC2)CC1. The van der Waals surface area contributed by atoms with Gasteiger partial charge in [-0.2, -0.15) is 0 Å². The summed E-state index contributed by atoms with van der Waals surface area (Å²) >= 11 is 0. The van der Waals surface area contributed by atoms with E-state index in [1.54, 1.807) is 0 Å². The Balaban J connectivity index is 1.37. The molecular formula is C24H42O4. The fourth-order valence-corrected chi connectivity index (χ4v) is 4.43. The zero-order chi connectivity index (χ0) is 20.2. The fraction of sp³-hybridized carbons (Fsp3) is 0.917. The molecule has 0 spiro atoms. The molecule has 0 aromatic rings. The van der Waals surface area contributed by atoms with Gasteiger partial charge in [0.1, 0.15) is 12.2 Å². The van der Waals surface area contributed by atoms with Crippen LogP contribution in [0.2, 0.25) is 0 Å². The van der Waals surface area contributed by atoms with Crippen molar-refractivity contribution < 1.29 is 19.1 Å². The van der Waals surface area contributed by atoms with Gasteiger partial charge in [0.2, 0.25) is 0 Å². The minimum absolute atomic E-state index is 0.0144. The summed E-state index contributed by atoms with van der Waals surface area (Å²) in [7, 11) is 0. The Kier molecular flexibility index (Phi) is 11.0. The van der Waals surface area contributed by atoms with Crippen molar-refractivity contribution in [3.8, 4) is 0 Å². The normalized spacial score (nSPS) is 27.9. The van der Waals surface area contributed by atoms with Gasteiger partial charge in [-0.3, -0.25) is 9.59 Å². The summed E-state index contributed by atoms with van der Waals surface area (Å²) in [5.74, 6) is 1.54. The third-order valence-corrected chi connectivity index (χ3v) is 6.53. The molecule has 2 saturated carbocycles. The first-order valence-electron chi connectivity index (χ1n) is 11.9. The zero-order valence-electron chi connectivity index (χ0n) is 18.3. The number of esters is 2. The number of carbonyl (C=O) groups is 2. The van der Waals surface area contributed by atoms with Crippen LogP contribution in [0.3, 0.4) is 0 Å². The molecule has 0 atom stereocenters. The maximum absolute atomic E-state index is 11.9. The van der Waals surface area contributed by atoms with Crippen molar-refractivity contribution in [3.05, 3.63) is 0 Å². The van der Waals surface area contributed by atoms with Gasteiger partial charge < -0.3 is 9.47 Å². The molecular weight excluding hydrogens is 352 g/mol. The second kappa shape index (κ2) is 13.2. The number of unbranched alkanes of at least 4 members (excludes halogenated alkanes) is 5. The maximum atomic E-state index is 11.9. The topological polar surface area (TPSA) is 52.6 Å². The van der Waals surface area contributed by atoms with Crippen LogP contribution in [0.5, 0.6) is 0 Å². The highest BCUT2D eigenvalue weighted by Crippen LogP contribution is 2.27. The summed E-state index contributed by atoms with van der Waals surface area (Å²) in [5.41, 5.74) is 0. The molecule has 4 nitrogen and oxygen atoms in total. The van der Waals surface area contributed by atoms with Gasteiger partial charge in [-0.1, -0.05) is 39.5 Å². The predicted octanol–water partition coefficient (Wildman–Crippen LogP) is 6.35. The monoisotopic (exact) mass is 394 g/mol. The average molecular weight is 395 g/mol. The third kappa shape index (κ3) is 9.93. The summed E-state index contributed by atoms with van der Waals surface area (Å²) in [6, 6.07) is 0. The lowest BCUT2D eigenvalue weighted by molar-refractivity contribution is -0.152. The molecule has 0 radical (unpaired) electrons. The van der Waals surface area contributed by atoms with E-state index in [1.165, 1.54) is 25.7 Å². The zero-order valence-corrected chi connectivity index (χ0v) is 18.3. The van der Waals surface area contributed by atoms with Crippen molar-refractivity contribution in [3.63, 3.8) is 0 Å². The minimum atomic E-state index is -0.0144. The van der Waals surface area contributed by atoms with Crippen LogP contribution in [-0.4, -0.2) is 24.1 Å². The molecule has 28 heavy (non-hydrogen) atoms. The van der Waals surface area contributed by atoms with E-state index in [1.807, 2.05) is 0 Å². The Morgan fingerprint density at radius 3 is 1.25 bits per heavy atom. The first kappa shape index (κ1) is 23.2. The smallest absolute Gasteiger partial charge is 0.306 e. The molecule has 0 bridgehead atoms. The van der Waals surface area contributed by atoms with Crippen LogP contribution in [0.25, 0.3) is 0 Å². The molecule has 0 aromatic heterocycles. The van der Waals surface area contributed by atoms with Crippen LogP contribution < -0.4 is 0 Å². The lowest BCUT2D eigenvalue weighted by Crippen LogP contribution is -2.23. The van der Waals surface area contributed by atoms with E-state index >= 15 is 0 Å². The molecule has 2 aliphatic rings. The van der Waals surface area contributed by atoms with Gasteiger partial charge in [0.15, 0.2) is 0 Å². The average Bonchev–Trinajstić information content (AvgIpc) is 2.67. The largest absolute Gasteiger partial charge is 0.462 e.